The van der Waals surface area contributed by atoms with E-state index < -0.39 is 15.5 Å². The smallest absolute Gasteiger partial charge is 0.309 e. The summed E-state index contributed by atoms with van der Waals surface area (Å²) in [6.45, 7) is 1.53. The lowest BCUT2D eigenvalue weighted by atomic mass is 10.4. The zero-order valence-corrected chi connectivity index (χ0v) is 9.86. The first kappa shape index (κ1) is 11.5. The van der Waals surface area contributed by atoms with E-state index in [1.54, 1.807) is 18.2 Å². The zero-order chi connectivity index (χ0) is 12.5. The predicted octanol–water partition coefficient (Wildman–Crippen LogP) is 0.911. The highest BCUT2D eigenvalue weighted by atomic mass is 32.2. The molecule has 1 N–H and O–H groups in total. The molecule has 2 aromatic rings. The van der Waals surface area contributed by atoms with Gasteiger partial charge in [-0.25, -0.2) is 18.2 Å². The van der Waals surface area contributed by atoms with E-state index in [9.17, 15) is 13.2 Å². The highest BCUT2D eigenvalue weighted by Gasteiger charge is 2.20. The Morgan fingerprint density at radius 1 is 1.18 bits per heavy atom. The molecular formula is C11H10N2O3S. The fourth-order valence-corrected chi connectivity index (χ4v) is 2.88. The Morgan fingerprint density at radius 3 is 2.41 bits per heavy atom. The Morgan fingerprint density at radius 2 is 1.82 bits per heavy atom. The fourth-order valence-electron chi connectivity index (χ4n) is 1.47. The van der Waals surface area contributed by atoms with E-state index in [1.807, 2.05) is 0 Å². The van der Waals surface area contributed by atoms with Crippen LogP contribution in [0.4, 0.5) is 0 Å². The van der Waals surface area contributed by atoms with Gasteiger partial charge in [-0.15, -0.1) is 0 Å². The van der Waals surface area contributed by atoms with Gasteiger partial charge in [0.15, 0.2) is 0 Å². The maximum absolute atomic E-state index is 12.2. The topological polar surface area (TPSA) is 79.9 Å². The van der Waals surface area contributed by atoms with E-state index >= 15 is 0 Å². The minimum atomic E-state index is -3.62. The van der Waals surface area contributed by atoms with Crippen molar-refractivity contribution in [1.82, 2.24) is 9.97 Å². The predicted molar refractivity (Wildman–Crippen MR) is 61.5 cm³/mol. The highest BCUT2D eigenvalue weighted by molar-refractivity contribution is 7.91. The number of aromatic amines is 1. The fraction of sp³-hybridized carbons (Fsp3) is 0.0909. The summed E-state index contributed by atoms with van der Waals surface area (Å²) in [7, 11) is -3.62. The molecule has 2 rings (SSSR count). The molecule has 88 valence electrons. The summed E-state index contributed by atoms with van der Waals surface area (Å²) >= 11 is 0. The zero-order valence-electron chi connectivity index (χ0n) is 9.04. The number of aromatic nitrogens is 2. The molecule has 0 unspecified atom stereocenters. The van der Waals surface area contributed by atoms with Crippen LogP contribution < -0.4 is 5.69 Å². The van der Waals surface area contributed by atoms with Crippen LogP contribution >= 0.6 is 0 Å². The molecule has 1 aromatic carbocycles. The molecule has 1 aromatic heterocycles. The minimum Gasteiger partial charge on any atom is -0.309 e. The van der Waals surface area contributed by atoms with Gasteiger partial charge in [0.25, 0.3) is 0 Å². The van der Waals surface area contributed by atoms with Gasteiger partial charge in [0.1, 0.15) is 4.90 Å². The second-order valence-electron chi connectivity index (χ2n) is 3.49. The van der Waals surface area contributed by atoms with Crippen molar-refractivity contribution in [3.8, 4) is 0 Å². The average Bonchev–Trinajstić information content (AvgIpc) is 2.29. The summed E-state index contributed by atoms with van der Waals surface area (Å²) in [6, 6.07) is 8.01. The number of H-pyrrole nitrogens is 1. The molecule has 0 aliphatic heterocycles. The van der Waals surface area contributed by atoms with E-state index in [-0.39, 0.29) is 15.5 Å². The molecule has 0 fully saturated rings. The molecule has 0 atom stereocenters. The van der Waals surface area contributed by atoms with E-state index in [0.29, 0.717) is 0 Å². The van der Waals surface area contributed by atoms with Crippen molar-refractivity contribution in [1.29, 1.82) is 0 Å². The van der Waals surface area contributed by atoms with Gasteiger partial charge in [-0.3, -0.25) is 0 Å². The van der Waals surface area contributed by atoms with Crippen molar-refractivity contribution in [3.63, 3.8) is 0 Å². The molecule has 6 heteroatoms. The number of aryl methyl sites for hydroxylation is 1. The van der Waals surface area contributed by atoms with Gasteiger partial charge in [0, 0.05) is 5.69 Å². The second-order valence-corrected chi connectivity index (χ2v) is 5.41. The van der Waals surface area contributed by atoms with Gasteiger partial charge in [0.05, 0.1) is 11.1 Å². The van der Waals surface area contributed by atoms with Crippen molar-refractivity contribution in [3.05, 3.63) is 52.7 Å². The number of hydrogen-bond donors (Lipinski definition) is 1. The van der Waals surface area contributed by atoms with Crippen molar-refractivity contribution in [2.45, 2.75) is 16.7 Å². The van der Waals surface area contributed by atoms with Gasteiger partial charge < -0.3 is 4.98 Å². The number of rotatable bonds is 2. The summed E-state index contributed by atoms with van der Waals surface area (Å²) in [4.78, 5) is 16.9. The quantitative estimate of drug-likeness (QED) is 0.859. The first-order chi connectivity index (χ1) is 8.01. The lowest BCUT2D eigenvalue weighted by Crippen LogP contribution is -2.15. The van der Waals surface area contributed by atoms with Gasteiger partial charge in [-0.1, -0.05) is 18.2 Å². The van der Waals surface area contributed by atoms with Crippen LogP contribution in [0.5, 0.6) is 0 Å². The number of benzene rings is 1. The molecule has 0 saturated heterocycles. The molecule has 0 saturated carbocycles. The number of nitrogens with one attached hydrogen (secondary N) is 1. The summed E-state index contributed by atoms with van der Waals surface area (Å²) in [6.07, 6.45) is 1.08. The van der Waals surface area contributed by atoms with E-state index in [1.165, 1.54) is 19.1 Å². The average molecular weight is 250 g/mol. The molecule has 0 spiro atoms. The van der Waals surface area contributed by atoms with Crippen molar-refractivity contribution in [2.24, 2.45) is 0 Å². The van der Waals surface area contributed by atoms with Gasteiger partial charge in [-0.2, -0.15) is 0 Å². The van der Waals surface area contributed by atoms with E-state index in [4.69, 9.17) is 0 Å². The molecule has 0 aliphatic carbocycles. The SMILES string of the molecule is Cc1[nH]c(=O)ncc1S(=O)(=O)c1ccccc1. The van der Waals surface area contributed by atoms with Crippen LogP contribution in [0, 0.1) is 6.92 Å². The van der Waals surface area contributed by atoms with Gasteiger partial charge >= 0.3 is 5.69 Å². The van der Waals surface area contributed by atoms with Gasteiger partial charge in [0.2, 0.25) is 9.84 Å². The Labute approximate surface area is 98.1 Å². The Kier molecular flexibility index (Phi) is 2.81. The maximum Gasteiger partial charge on any atom is 0.345 e. The maximum atomic E-state index is 12.2. The Balaban J connectivity index is 2.65. The lowest BCUT2D eigenvalue weighted by Gasteiger charge is -2.05. The van der Waals surface area contributed by atoms with E-state index in [0.717, 1.165) is 6.20 Å². The number of nitrogens with zero attached hydrogens (tertiary/aromatic N) is 1. The molecule has 0 bridgehead atoms. The van der Waals surface area contributed by atoms with Gasteiger partial charge in [-0.05, 0) is 19.1 Å². The summed E-state index contributed by atoms with van der Waals surface area (Å²) < 4.78 is 24.4. The molecule has 0 amide bonds. The molecule has 0 aliphatic rings. The van der Waals surface area contributed by atoms with Crippen molar-refractivity contribution < 1.29 is 8.42 Å². The standard InChI is InChI=1S/C11H10N2O3S/c1-8-10(7-12-11(14)13-8)17(15,16)9-5-3-2-4-6-9/h2-7H,1H3,(H,12,13,14). The molecule has 1 heterocycles. The van der Waals surface area contributed by atoms with Crippen LogP contribution in [-0.4, -0.2) is 18.4 Å². The van der Waals surface area contributed by atoms with Crippen molar-refractivity contribution in [2.75, 3.05) is 0 Å². The summed E-state index contributed by atoms with van der Waals surface area (Å²) in [5.74, 6) is 0. The highest BCUT2D eigenvalue weighted by Crippen LogP contribution is 2.20. The summed E-state index contributed by atoms with van der Waals surface area (Å²) in [5, 5.41) is 0. The van der Waals surface area contributed by atoms with E-state index in [2.05, 4.69) is 9.97 Å². The third-order valence-electron chi connectivity index (χ3n) is 2.31. The molecular weight excluding hydrogens is 240 g/mol. The van der Waals surface area contributed by atoms with Crippen LogP contribution in [0.3, 0.4) is 0 Å². The normalized spacial score (nSPS) is 11.4. The molecule has 17 heavy (non-hydrogen) atoms. The summed E-state index contributed by atoms with van der Waals surface area (Å²) in [5.41, 5.74) is -0.275. The van der Waals surface area contributed by atoms with Crippen LogP contribution in [0.25, 0.3) is 0 Å². The van der Waals surface area contributed by atoms with Crippen molar-refractivity contribution >= 4 is 9.84 Å². The third kappa shape index (κ3) is 2.12. The Hall–Kier alpha value is -1.95. The minimum absolute atomic E-state index is 0.0169. The first-order valence-electron chi connectivity index (χ1n) is 4.88. The molecule has 5 nitrogen and oxygen atoms in total. The number of hydrogen-bond acceptors (Lipinski definition) is 4. The Bertz CT molecular complexity index is 690. The van der Waals surface area contributed by atoms with Crippen LogP contribution in [0.15, 0.2) is 51.1 Å². The van der Waals surface area contributed by atoms with Crippen LogP contribution in [0.1, 0.15) is 5.69 Å². The van der Waals surface area contributed by atoms with Crippen LogP contribution in [-0.2, 0) is 9.84 Å². The second kappa shape index (κ2) is 4.14. The third-order valence-corrected chi connectivity index (χ3v) is 4.19. The lowest BCUT2D eigenvalue weighted by molar-refractivity contribution is 0.594. The monoisotopic (exact) mass is 250 g/mol. The van der Waals surface area contributed by atoms with Crippen LogP contribution in [0.2, 0.25) is 0 Å². The largest absolute Gasteiger partial charge is 0.345 e. The first-order valence-corrected chi connectivity index (χ1v) is 6.36. The molecule has 0 radical (unpaired) electrons. The number of sulfone groups is 1.